The molecule has 0 aromatic heterocycles. The Hall–Kier alpha value is -0.930. The van der Waals surface area contributed by atoms with Crippen LogP contribution in [0.5, 0.6) is 0 Å². The third-order valence-corrected chi connectivity index (χ3v) is 4.61. The Bertz CT molecular complexity index is 460. The summed E-state index contributed by atoms with van der Waals surface area (Å²) in [5.74, 6) is 1.15. The molecule has 23 heavy (non-hydrogen) atoms. The number of hydrogen-bond donors (Lipinski definition) is 2. The molecular weight excluding hydrogens is 341 g/mol. The lowest BCUT2D eigenvalue weighted by Gasteiger charge is -2.13. The van der Waals surface area contributed by atoms with Crippen LogP contribution in [0.2, 0.25) is 0 Å². The predicted molar refractivity (Wildman–Crippen MR) is 96.0 cm³/mol. The Balaban J connectivity index is 4.25. The van der Waals surface area contributed by atoms with Crippen LogP contribution in [0.3, 0.4) is 0 Å². The molecule has 0 bridgehead atoms. The minimum Gasteiger partial charge on any atom is -0.465 e. The lowest BCUT2D eigenvalue weighted by molar-refractivity contribution is 0.0185. The average molecular weight is 368 g/mol. The molecular formula is C14H26FN3O3S2. The number of nitrogens with one attached hydrogen (secondary N) is 1. The van der Waals surface area contributed by atoms with Gasteiger partial charge in [-0.2, -0.15) is 16.1 Å². The van der Waals surface area contributed by atoms with Gasteiger partial charge in [-0.05, 0) is 13.0 Å². The van der Waals surface area contributed by atoms with Crippen LogP contribution < -0.4 is 0 Å². The van der Waals surface area contributed by atoms with Gasteiger partial charge in [0.05, 0.1) is 12.3 Å². The number of rotatable bonds is 13. The standard InChI is InChI=1S/C14H26FN3O3S2/c1-4-14(21-13(3)15)5-6-17-7-8-18(23(19)20)9-10-22-12(2)11-16/h5,7,11-13,16,23H,4,6,8-10H2,1-3H3/b14-5+,16-11?,17-7-. The molecule has 0 aromatic carbocycles. The van der Waals surface area contributed by atoms with Gasteiger partial charge in [-0.25, -0.2) is 12.8 Å². The number of alkyl halides is 1. The summed E-state index contributed by atoms with van der Waals surface area (Å²) in [5.41, 5.74) is 0. The Morgan fingerprint density at radius 3 is 2.70 bits per heavy atom. The zero-order valence-corrected chi connectivity index (χ0v) is 15.5. The van der Waals surface area contributed by atoms with Crippen molar-refractivity contribution in [2.24, 2.45) is 4.99 Å². The Labute approximate surface area is 143 Å². The molecule has 0 aliphatic carbocycles. The van der Waals surface area contributed by atoms with Gasteiger partial charge in [0.1, 0.15) is 0 Å². The molecule has 0 aliphatic heterocycles. The van der Waals surface area contributed by atoms with Crippen molar-refractivity contribution in [2.45, 2.75) is 38.8 Å². The summed E-state index contributed by atoms with van der Waals surface area (Å²) < 4.78 is 41.3. The molecule has 0 aromatic rings. The highest BCUT2D eigenvalue weighted by Crippen LogP contribution is 2.08. The van der Waals surface area contributed by atoms with Gasteiger partial charge in [-0.15, -0.1) is 0 Å². The van der Waals surface area contributed by atoms with Crippen molar-refractivity contribution in [1.82, 2.24) is 4.31 Å². The van der Waals surface area contributed by atoms with E-state index in [2.05, 4.69) is 4.99 Å². The molecule has 2 unspecified atom stereocenters. The second kappa shape index (κ2) is 13.5. The minimum absolute atomic E-state index is 0.0746. The fourth-order valence-electron chi connectivity index (χ4n) is 1.50. The van der Waals surface area contributed by atoms with Gasteiger partial charge in [0.25, 0.3) is 0 Å². The summed E-state index contributed by atoms with van der Waals surface area (Å²) in [7, 11) is -2.67. The molecule has 0 rings (SSSR count). The van der Waals surface area contributed by atoms with E-state index in [1.807, 2.05) is 13.8 Å². The zero-order valence-electron chi connectivity index (χ0n) is 13.8. The lowest BCUT2D eigenvalue weighted by atomic mass is 10.3. The maximum atomic E-state index is 12.7. The fourth-order valence-corrected chi connectivity index (χ4v) is 2.90. The average Bonchev–Trinajstić information content (AvgIpc) is 2.50. The maximum absolute atomic E-state index is 12.7. The van der Waals surface area contributed by atoms with Crippen LogP contribution in [-0.2, 0) is 15.6 Å². The van der Waals surface area contributed by atoms with E-state index in [1.165, 1.54) is 35.4 Å². The number of thiol groups is 1. The van der Waals surface area contributed by atoms with Crippen LogP contribution in [0.4, 0.5) is 4.39 Å². The Morgan fingerprint density at radius 1 is 1.48 bits per heavy atom. The SMILES string of the molecule is CC/C(=C\C/N=C\CN(CCSC(C)C=N)[SH](=O)=O)OC(C)F. The third-order valence-electron chi connectivity index (χ3n) is 2.70. The van der Waals surface area contributed by atoms with E-state index in [0.29, 0.717) is 31.0 Å². The van der Waals surface area contributed by atoms with Crippen LogP contribution in [0.25, 0.3) is 0 Å². The smallest absolute Gasteiger partial charge is 0.235 e. The fraction of sp³-hybridized carbons (Fsp3) is 0.714. The van der Waals surface area contributed by atoms with E-state index in [-0.39, 0.29) is 11.8 Å². The van der Waals surface area contributed by atoms with Gasteiger partial charge in [0, 0.05) is 49.9 Å². The van der Waals surface area contributed by atoms with Crippen molar-refractivity contribution >= 4 is 35.1 Å². The van der Waals surface area contributed by atoms with Gasteiger partial charge < -0.3 is 10.1 Å². The molecule has 0 spiro atoms. The monoisotopic (exact) mass is 367 g/mol. The largest absolute Gasteiger partial charge is 0.465 e. The summed E-state index contributed by atoms with van der Waals surface area (Å²) in [5, 5.41) is 7.16. The van der Waals surface area contributed by atoms with E-state index < -0.39 is 17.2 Å². The predicted octanol–water partition coefficient (Wildman–Crippen LogP) is 2.28. The topological polar surface area (TPSA) is 82.8 Å². The first-order chi connectivity index (χ1) is 10.9. The Morgan fingerprint density at radius 2 is 2.17 bits per heavy atom. The molecule has 0 saturated heterocycles. The third kappa shape index (κ3) is 12.2. The van der Waals surface area contributed by atoms with Gasteiger partial charge in [-0.1, -0.05) is 6.92 Å². The maximum Gasteiger partial charge on any atom is 0.235 e. The zero-order chi connectivity index (χ0) is 17.7. The summed E-state index contributed by atoms with van der Waals surface area (Å²) in [6.07, 6.45) is 3.75. The highest BCUT2D eigenvalue weighted by atomic mass is 32.2. The quantitative estimate of drug-likeness (QED) is 0.297. The number of ether oxygens (including phenoxy) is 1. The lowest BCUT2D eigenvalue weighted by Crippen LogP contribution is -2.27. The van der Waals surface area contributed by atoms with Gasteiger partial charge in [0.15, 0.2) is 0 Å². The minimum atomic E-state index is -2.67. The summed E-state index contributed by atoms with van der Waals surface area (Å²) in [4.78, 5) is 4.09. The normalized spacial score (nSPS) is 15.3. The number of halogens is 1. The van der Waals surface area contributed by atoms with Crippen molar-refractivity contribution in [2.75, 3.05) is 25.4 Å². The summed E-state index contributed by atoms with van der Waals surface area (Å²) in [6.45, 7) is 5.96. The number of nitrogens with zero attached hydrogens (tertiary/aromatic N) is 2. The Kier molecular flexibility index (Phi) is 13.0. The molecule has 0 amide bonds. The van der Waals surface area contributed by atoms with Crippen molar-refractivity contribution in [1.29, 1.82) is 5.41 Å². The van der Waals surface area contributed by atoms with Crippen LogP contribution in [0.1, 0.15) is 27.2 Å². The molecule has 0 heterocycles. The van der Waals surface area contributed by atoms with E-state index in [4.69, 9.17) is 10.1 Å². The molecule has 1 N–H and O–H groups in total. The van der Waals surface area contributed by atoms with Crippen LogP contribution in [0.15, 0.2) is 16.8 Å². The summed E-state index contributed by atoms with van der Waals surface area (Å²) >= 11 is 1.52. The van der Waals surface area contributed by atoms with E-state index in [9.17, 15) is 12.8 Å². The van der Waals surface area contributed by atoms with E-state index >= 15 is 0 Å². The first kappa shape index (κ1) is 22.1. The van der Waals surface area contributed by atoms with Gasteiger partial charge in [0.2, 0.25) is 17.2 Å². The number of allylic oxidation sites excluding steroid dienone is 1. The van der Waals surface area contributed by atoms with E-state index in [0.717, 1.165) is 0 Å². The van der Waals surface area contributed by atoms with Crippen LogP contribution >= 0.6 is 11.8 Å². The number of hydrogen-bond acceptors (Lipinski definition) is 6. The van der Waals surface area contributed by atoms with Crippen molar-refractivity contribution in [3.8, 4) is 0 Å². The second-order valence-corrected chi connectivity index (χ2v) is 7.15. The van der Waals surface area contributed by atoms with Crippen LogP contribution in [-0.4, -0.2) is 62.1 Å². The van der Waals surface area contributed by atoms with Crippen molar-refractivity contribution in [3.05, 3.63) is 11.8 Å². The molecule has 0 saturated carbocycles. The number of aliphatic imine (C=N–C) groups is 1. The van der Waals surface area contributed by atoms with Crippen molar-refractivity contribution in [3.63, 3.8) is 0 Å². The molecule has 0 radical (unpaired) electrons. The molecule has 0 fully saturated rings. The highest BCUT2D eigenvalue weighted by molar-refractivity contribution is 8.00. The summed E-state index contributed by atoms with van der Waals surface area (Å²) in [6, 6.07) is 0. The number of thioether (sulfide) groups is 1. The van der Waals surface area contributed by atoms with E-state index in [1.54, 1.807) is 6.08 Å². The van der Waals surface area contributed by atoms with Gasteiger partial charge in [-0.3, -0.25) is 4.99 Å². The first-order valence-corrected chi connectivity index (χ1v) is 9.58. The molecule has 134 valence electrons. The van der Waals surface area contributed by atoms with Gasteiger partial charge >= 0.3 is 0 Å². The molecule has 9 heteroatoms. The van der Waals surface area contributed by atoms with Crippen molar-refractivity contribution < 1.29 is 17.5 Å². The molecule has 6 nitrogen and oxygen atoms in total. The van der Waals surface area contributed by atoms with Crippen LogP contribution in [0, 0.1) is 5.41 Å². The molecule has 0 aliphatic rings. The second-order valence-electron chi connectivity index (χ2n) is 4.63. The molecule has 2 atom stereocenters. The highest BCUT2D eigenvalue weighted by Gasteiger charge is 2.06. The first-order valence-electron chi connectivity index (χ1n) is 7.40.